The van der Waals surface area contributed by atoms with E-state index in [4.69, 9.17) is 19.0 Å². The van der Waals surface area contributed by atoms with Crippen LogP contribution in [0.5, 0.6) is 11.5 Å². The Morgan fingerprint density at radius 3 is 2.62 bits per heavy atom. The number of halogens is 1. The van der Waals surface area contributed by atoms with Crippen LogP contribution < -0.4 is 14.8 Å². The van der Waals surface area contributed by atoms with Gasteiger partial charge in [-0.3, -0.25) is 0 Å². The van der Waals surface area contributed by atoms with Gasteiger partial charge in [-0.15, -0.1) is 0 Å². The average molecular weight is 354 g/mol. The molecule has 0 fully saturated rings. The molecule has 0 aliphatic carbocycles. The molecule has 0 saturated carbocycles. The Bertz CT molecular complexity index is 682. The Morgan fingerprint density at radius 2 is 1.95 bits per heavy atom. The van der Waals surface area contributed by atoms with Gasteiger partial charge in [-0.25, -0.2) is 4.79 Å². The van der Waals surface area contributed by atoms with E-state index in [9.17, 15) is 4.79 Å². The molecule has 2 heterocycles. The number of carboxylic acid groups (broad SMARTS) is 1. The lowest BCUT2D eigenvalue weighted by atomic mass is 10.2. The van der Waals surface area contributed by atoms with Gasteiger partial charge >= 0.3 is 5.97 Å². The number of anilines is 1. The Kier molecular flexibility index (Phi) is 3.74. The van der Waals surface area contributed by atoms with Crippen LogP contribution in [0.1, 0.15) is 16.3 Å². The fourth-order valence-corrected chi connectivity index (χ4v) is 2.43. The van der Waals surface area contributed by atoms with Crippen LogP contribution in [0.3, 0.4) is 0 Å². The maximum absolute atomic E-state index is 10.8. The normalized spacial score (nSPS) is 13.0. The van der Waals surface area contributed by atoms with Crippen LogP contribution in [0.25, 0.3) is 0 Å². The van der Waals surface area contributed by atoms with E-state index in [1.165, 1.54) is 6.07 Å². The van der Waals surface area contributed by atoms with Crippen LogP contribution in [0.4, 0.5) is 5.69 Å². The van der Waals surface area contributed by atoms with Gasteiger partial charge in [0.2, 0.25) is 5.76 Å². The first-order chi connectivity index (χ1) is 10.1. The molecule has 3 rings (SSSR count). The van der Waals surface area contributed by atoms with Gasteiger partial charge in [0.15, 0.2) is 11.5 Å². The fraction of sp³-hybridized carbons (Fsp3) is 0.214. The van der Waals surface area contributed by atoms with E-state index in [-0.39, 0.29) is 5.76 Å². The van der Waals surface area contributed by atoms with Gasteiger partial charge < -0.3 is 24.3 Å². The van der Waals surface area contributed by atoms with Crippen LogP contribution in [0.15, 0.2) is 33.2 Å². The van der Waals surface area contributed by atoms with Gasteiger partial charge in [0.05, 0.1) is 12.2 Å². The largest absolute Gasteiger partial charge is 0.486 e. The minimum absolute atomic E-state index is 0.0759. The Hall–Kier alpha value is -2.15. The third kappa shape index (κ3) is 2.97. The van der Waals surface area contributed by atoms with E-state index >= 15 is 0 Å². The summed E-state index contributed by atoms with van der Waals surface area (Å²) < 4.78 is 17.0. The number of furan rings is 1. The molecule has 1 aliphatic heterocycles. The highest BCUT2D eigenvalue weighted by atomic mass is 79.9. The third-order valence-corrected chi connectivity index (χ3v) is 3.61. The SMILES string of the molecule is O=C(O)c1ccc(CNc2cc3c(cc2Br)OCCO3)o1. The summed E-state index contributed by atoms with van der Waals surface area (Å²) in [6.45, 7) is 1.43. The molecule has 6 nitrogen and oxygen atoms in total. The lowest BCUT2D eigenvalue weighted by Gasteiger charge is -2.20. The van der Waals surface area contributed by atoms with E-state index in [2.05, 4.69) is 21.2 Å². The molecule has 0 atom stereocenters. The minimum Gasteiger partial charge on any atom is -0.486 e. The molecule has 0 radical (unpaired) electrons. The summed E-state index contributed by atoms with van der Waals surface area (Å²) in [6, 6.07) is 6.72. The van der Waals surface area contributed by atoms with Crippen LogP contribution >= 0.6 is 15.9 Å². The lowest BCUT2D eigenvalue weighted by molar-refractivity contribution is 0.0660. The number of carbonyl (C=O) groups is 1. The van der Waals surface area contributed by atoms with Crippen molar-refractivity contribution in [2.45, 2.75) is 6.54 Å². The lowest BCUT2D eigenvalue weighted by Crippen LogP contribution is -2.15. The number of aromatic carboxylic acids is 1. The highest BCUT2D eigenvalue weighted by Gasteiger charge is 2.15. The van der Waals surface area contributed by atoms with Crippen molar-refractivity contribution in [1.29, 1.82) is 0 Å². The molecule has 2 aromatic rings. The molecule has 0 saturated heterocycles. The molecular formula is C14H12BrNO5. The van der Waals surface area contributed by atoms with E-state index in [1.807, 2.05) is 12.1 Å². The van der Waals surface area contributed by atoms with E-state index in [1.54, 1.807) is 6.07 Å². The molecule has 110 valence electrons. The Morgan fingerprint density at radius 1 is 1.24 bits per heavy atom. The van der Waals surface area contributed by atoms with E-state index in [0.29, 0.717) is 37.0 Å². The van der Waals surface area contributed by atoms with Gasteiger partial charge in [-0.2, -0.15) is 0 Å². The number of hydrogen-bond acceptors (Lipinski definition) is 5. The van der Waals surface area contributed by atoms with E-state index < -0.39 is 5.97 Å². The molecule has 0 unspecified atom stereocenters. The molecule has 1 aromatic carbocycles. The average Bonchev–Trinajstić information content (AvgIpc) is 2.94. The number of rotatable bonds is 4. The first-order valence-corrected chi connectivity index (χ1v) is 7.08. The van der Waals surface area contributed by atoms with Crippen molar-refractivity contribution >= 4 is 27.6 Å². The van der Waals surface area contributed by atoms with Crippen molar-refractivity contribution in [3.63, 3.8) is 0 Å². The first-order valence-electron chi connectivity index (χ1n) is 6.28. The molecule has 0 spiro atoms. The zero-order valence-corrected chi connectivity index (χ0v) is 12.5. The second-order valence-corrected chi connectivity index (χ2v) is 5.25. The van der Waals surface area contributed by atoms with Gasteiger partial charge in [0.25, 0.3) is 0 Å². The van der Waals surface area contributed by atoms with Crippen molar-refractivity contribution < 1.29 is 23.8 Å². The number of ether oxygens (including phenoxy) is 2. The summed E-state index contributed by atoms with van der Waals surface area (Å²) in [7, 11) is 0. The number of hydrogen-bond donors (Lipinski definition) is 2. The fourth-order valence-electron chi connectivity index (χ4n) is 1.97. The Labute approximate surface area is 128 Å². The second-order valence-electron chi connectivity index (χ2n) is 4.40. The zero-order valence-electron chi connectivity index (χ0n) is 10.9. The topological polar surface area (TPSA) is 80.9 Å². The van der Waals surface area contributed by atoms with Crippen molar-refractivity contribution in [1.82, 2.24) is 0 Å². The molecule has 2 N–H and O–H groups in total. The monoisotopic (exact) mass is 353 g/mol. The Balaban J connectivity index is 1.73. The van der Waals surface area contributed by atoms with Crippen molar-refractivity contribution in [3.05, 3.63) is 40.3 Å². The van der Waals surface area contributed by atoms with Crippen molar-refractivity contribution in [2.75, 3.05) is 18.5 Å². The summed E-state index contributed by atoms with van der Waals surface area (Å²) in [5, 5.41) is 12.0. The number of carboxylic acids is 1. The summed E-state index contributed by atoms with van der Waals surface area (Å²) in [4.78, 5) is 10.8. The van der Waals surface area contributed by atoms with Crippen LogP contribution in [-0.4, -0.2) is 24.3 Å². The quantitative estimate of drug-likeness (QED) is 0.878. The highest BCUT2D eigenvalue weighted by molar-refractivity contribution is 9.10. The maximum Gasteiger partial charge on any atom is 0.371 e. The smallest absolute Gasteiger partial charge is 0.371 e. The first kappa shape index (κ1) is 13.8. The van der Waals surface area contributed by atoms with Crippen molar-refractivity contribution in [3.8, 4) is 11.5 Å². The van der Waals surface area contributed by atoms with Crippen LogP contribution in [0, 0.1) is 0 Å². The molecule has 0 bridgehead atoms. The molecule has 1 aromatic heterocycles. The summed E-state index contributed by atoms with van der Waals surface area (Å²) >= 11 is 3.45. The molecular weight excluding hydrogens is 342 g/mol. The predicted molar refractivity (Wildman–Crippen MR) is 78.1 cm³/mol. The standard InChI is InChI=1S/C14H12BrNO5/c15-9-5-12-13(20-4-3-19-12)6-10(9)16-7-8-1-2-11(21-8)14(17)18/h1-2,5-6,16H,3-4,7H2,(H,17,18). The molecule has 1 aliphatic rings. The molecule has 21 heavy (non-hydrogen) atoms. The predicted octanol–water partition coefficient (Wildman–Crippen LogP) is 3.12. The van der Waals surface area contributed by atoms with E-state index in [0.717, 1.165) is 10.2 Å². The van der Waals surface area contributed by atoms with Gasteiger partial charge in [-0.1, -0.05) is 0 Å². The zero-order chi connectivity index (χ0) is 14.8. The van der Waals surface area contributed by atoms with Crippen LogP contribution in [-0.2, 0) is 6.54 Å². The number of fused-ring (bicyclic) bond motifs is 1. The van der Waals surface area contributed by atoms with Gasteiger partial charge in [0.1, 0.15) is 19.0 Å². The van der Waals surface area contributed by atoms with Gasteiger partial charge in [0, 0.05) is 16.6 Å². The molecule has 7 heteroatoms. The van der Waals surface area contributed by atoms with Crippen molar-refractivity contribution in [2.24, 2.45) is 0 Å². The minimum atomic E-state index is -1.08. The number of benzene rings is 1. The summed E-state index contributed by atoms with van der Waals surface area (Å²) in [5.41, 5.74) is 0.813. The summed E-state index contributed by atoms with van der Waals surface area (Å²) in [6.07, 6.45) is 0. The third-order valence-electron chi connectivity index (χ3n) is 2.96. The highest BCUT2D eigenvalue weighted by Crippen LogP contribution is 2.38. The number of nitrogens with one attached hydrogen (secondary N) is 1. The van der Waals surface area contributed by atoms with Crippen LogP contribution in [0.2, 0.25) is 0 Å². The second kappa shape index (κ2) is 5.69. The van der Waals surface area contributed by atoms with Gasteiger partial charge in [-0.05, 0) is 28.1 Å². The summed E-state index contributed by atoms with van der Waals surface area (Å²) in [5.74, 6) is 0.756. The molecule has 0 amide bonds. The maximum atomic E-state index is 10.8.